The molecule has 0 N–H and O–H groups in total. The molecule has 18 heavy (non-hydrogen) atoms. The summed E-state index contributed by atoms with van der Waals surface area (Å²) in [5.74, 6) is -2.33. The number of hydrogen-bond acceptors (Lipinski definition) is 3. The van der Waals surface area contributed by atoms with Crippen LogP contribution in [0, 0.1) is 11.6 Å². The van der Waals surface area contributed by atoms with Gasteiger partial charge >= 0.3 is 0 Å². The highest BCUT2D eigenvalue weighted by Crippen LogP contribution is 2.23. The highest BCUT2D eigenvalue weighted by Gasteiger charge is 2.12. The van der Waals surface area contributed by atoms with Gasteiger partial charge in [0, 0.05) is 11.8 Å². The van der Waals surface area contributed by atoms with Crippen LogP contribution in [0.4, 0.5) is 8.78 Å². The average Bonchev–Trinajstić information content (AvgIpc) is 2.38. The van der Waals surface area contributed by atoms with E-state index in [0.717, 1.165) is 12.1 Å². The van der Waals surface area contributed by atoms with Gasteiger partial charge in [-0.15, -0.1) is 0 Å². The van der Waals surface area contributed by atoms with Gasteiger partial charge in [0.05, 0.1) is 5.69 Å². The maximum Gasteiger partial charge on any atom is 0.191 e. The molecule has 0 radical (unpaired) electrons. The molecule has 0 aliphatic carbocycles. The molecule has 92 valence electrons. The summed E-state index contributed by atoms with van der Waals surface area (Å²) in [5, 5.41) is 0. The van der Waals surface area contributed by atoms with Crippen molar-refractivity contribution in [3.63, 3.8) is 0 Å². The van der Waals surface area contributed by atoms with Gasteiger partial charge in [-0.3, -0.25) is 9.78 Å². The fourth-order valence-electron chi connectivity index (χ4n) is 1.42. The van der Waals surface area contributed by atoms with Gasteiger partial charge in [0.25, 0.3) is 0 Å². The number of benzene rings is 1. The van der Waals surface area contributed by atoms with Crippen molar-refractivity contribution < 1.29 is 18.3 Å². The lowest BCUT2D eigenvalue weighted by Crippen LogP contribution is -2.02. The normalized spacial score (nSPS) is 10.1. The van der Waals surface area contributed by atoms with E-state index < -0.39 is 17.4 Å². The first-order chi connectivity index (χ1) is 8.70. The third-order valence-electron chi connectivity index (χ3n) is 2.25. The molecule has 1 aromatic carbocycles. The predicted octanol–water partition coefficient (Wildman–Crippen LogP) is 2.75. The second kappa shape index (κ2) is 5.35. The molecule has 1 heterocycles. The Bertz CT molecular complexity index is 535. The quantitative estimate of drug-likeness (QED) is 0.782. The summed E-state index contributed by atoms with van der Waals surface area (Å²) in [5.41, 5.74) is 0.478. The minimum atomic E-state index is -0.909. The number of aromatic nitrogens is 1. The van der Waals surface area contributed by atoms with Crippen molar-refractivity contribution in [2.45, 2.75) is 6.61 Å². The van der Waals surface area contributed by atoms with Crippen molar-refractivity contribution in [3.05, 3.63) is 59.4 Å². The molecule has 1 aromatic heterocycles. The Morgan fingerprint density at radius 2 is 1.94 bits per heavy atom. The summed E-state index contributed by atoms with van der Waals surface area (Å²) in [4.78, 5) is 14.4. The summed E-state index contributed by atoms with van der Waals surface area (Å²) >= 11 is 0. The van der Waals surface area contributed by atoms with E-state index in [-0.39, 0.29) is 12.2 Å². The van der Waals surface area contributed by atoms with E-state index in [1.165, 1.54) is 0 Å². The van der Waals surface area contributed by atoms with Gasteiger partial charge in [-0.2, -0.15) is 0 Å². The van der Waals surface area contributed by atoms with Gasteiger partial charge in [0.1, 0.15) is 12.9 Å². The van der Waals surface area contributed by atoms with E-state index in [0.29, 0.717) is 12.0 Å². The first-order valence-corrected chi connectivity index (χ1v) is 5.17. The molecule has 0 aliphatic heterocycles. The number of nitrogens with zero attached hydrogens (tertiary/aromatic N) is 1. The van der Waals surface area contributed by atoms with Crippen molar-refractivity contribution in [3.8, 4) is 5.75 Å². The first kappa shape index (κ1) is 12.2. The SMILES string of the molecule is O=Cc1cc(F)c(OCc2ccccn2)c(F)c1. The van der Waals surface area contributed by atoms with Crippen molar-refractivity contribution >= 4 is 6.29 Å². The van der Waals surface area contributed by atoms with Gasteiger partial charge in [-0.25, -0.2) is 8.78 Å². The molecular weight excluding hydrogens is 240 g/mol. The Morgan fingerprint density at radius 3 is 2.50 bits per heavy atom. The molecule has 0 amide bonds. The lowest BCUT2D eigenvalue weighted by atomic mass is 10.2. The summed E-state index contributed by atoms with van der Waals surface area (Å²) in [7, 11) is 0. The van der Waals surface area contributed by atoms with Crippen LogP contribution >= 0.6 is 0 Å². The fraction of sp³-hybridized carbons (Fsp3) is 0.0769. The molecular formula is C13H9F2NO2. The van der Waals surface area contributed by atoms with Crippen LogP contribution in [0.3, 0.4) is 0 Å². The van der Waals surface area contributed by atoms with Crippen molar-refractivity contribution in [1.82, 2.24) is 4.98 Å². The second-order valence-electron chi connectivity index (χ2n) is 3.54. The van der Waals surface area contributed by atoms with E-state index in [9.17, 15) is 13.6 Å². The third-order valence-corrected chi connectivity index (χ3v) is 2.25. The van der Waals surface area contributed by atoms with Crippen LogP contribution in [0.1, 0.15) is 16.1 Å². The van der Waals surface area contributed by atoms with Gasteiger partial charge in [-0.1, -0.05) is 6.07 Å². The molecule has 0 aliphatic rings. The number of hydrogen-bond donors (Lipinski definition) is 0. The number of carbonyl (C=O) groups is 1. The lowest BCUT2D eigenvalue weighted by Gasteiger charge is -2.08. The number of halogens is 2. The molecule has 0 spiro atoms. The van der Waals surface area contributed by atoms with Crippen LogP contribution in [-0.4, -0.2) is 11.3 Å². The van der Waals surface area contributed by atoms with Crippen LogP contribution in [-0.2, 0) is 6.61 Å². The molecule has 0 saturated carbocycles. The zero-order valence-electron chi connectivity index (χ0n) is 9.27. The number of carbonyl (C=O) groups excluding carboxylic acids is 1. The lowest BCUT2D eigenvalue weighted by molar-refractivity contribution is 0.112. The Balaban J connectivity index is 2.17. The zero-order chi connectivity index (χ0) is 13.0. The number of rotatable bonds is 4. The maximum absolute atomic E-state index is 13.5. The highest BCUT2D eigenvalue weighted by atomic mass is 19.1. The predicted molar refractivity (Wildman–Crippen MR) is 60.3 cm³/mol. The topological polar surface area (TPSA) is 39.2 Å². The largest absolute Gasteiger partial charge is 0.481 e. The molecule has 0 saturated heterocycles. The molecule has 0 fully saturated rings. The Hall–Kier alpha value is -2.30. The monoisotopic (exact) mass is 249 g/mol. The highest BCUT2D eigenvalue weighted by molar-refractivity contribution is 5.75. The molecule has 0 atom stereocenters. The summed E-state index contributed by atoms with van der Waals surface area (Å²) < 4.78 is 31.9. The summed E-state index contributed by atoms with van der Waals surface area (Å²) in [6.07, 6.45) is 1.93. The van der Waals surface area contributed by atoms with Crippen LogP contribution in [0.2, 0.25) is 0 Å². The Kier molecular flexibility index (Phi) is 3.62. The molecule has 2 rings (SSSR count). The average molecular weight is 249 g/mol. The summed E-state index contributed by atoms with van der Waals surface area (Å²) in [6.45, 7) is -0.0465. The van der Waals surface area contributed by atoms with E-state index in [4.69, 9.17) is 4.74 Å². The van der Waals surface area contributed by atoms with Crippen LogP contribution in [0.5, 0.6) is 5.75 Å². The smallest absolute Gasteiger partial charge is 0.191 e. The van der Waals surface area contributed by atoms with E-state index in [1.807, 2.05) is 0 Å². The first-order valence-electron chi connectivity index (χ1n) is 5.17. The standard InChI is InChI=1S/C13H9F2NO2/c14-11-5-9(7-17)6-12(15)13(11)18-8-10-3-1-2-4-16-10/h1-7H,8H2. The Morgan fingerprint density at radius 1 is 1.22 bits per heavy atom. The number of pyridine rings is 1. The van der Waals surface area contributed by atoms with Crippen LogP contribution in [0.25, 0.3) is 0 Å². The van der Waals surface area contributed by atoms with Crippen molar-refractivity contribution in [1.29, 1.82) is 0 Å². The second-order valence-corrected chi connectivity index (χ2v) is 3.54. The molecule has 2 aromatic rings. The van der Waals surface area contributed by atoms with E-state index in [2.05, 4.69) is 4.98 Å². The minimum Gasteiger partial charge on any atom is -0.481 e. The third kappa shape index (κ3) is 2.68. The van der Waals surface area contributed by atoms with Gasteiger partial charge in [0.2, 0.25) is 0 Å². The molecule has 3 nitrogen and oxygen atoms in total. The number of aldehydes is 1. The minimum absolute atomic E-state index is 0.0465. The van der Waals surface area contributed by atoms with E-state index in [1.54, 1.807) is 24.4 Å². The van der Waals surface area contributed by atoms with Crippen molar-refractivity contribution in [2.24, 2.45) is 0 Å². The van der Waals surface area contributed by atoms with Gasteiger partial charge in [0.15, 0.2) is 17.4 Å². The van der Waals surface area contributed by atoms with Crippen LogP contribution in [0.15, 0.2) is 36.5 Å². The molecule has 0 unspecified atom stereocenters. The number of ether oxygens (including phenoxy) is 1. The zero-order valence-corrected chi connectivity index (χ0v) is 9.27. The van der Waals surface area contributed by atoms with E-state index >= 15 is 0 Å². The van der Waals surface area contributed by atoms with Gasteiger partial charge in [-0.05, 0) is 24.3 Å². The molecule has 5 heteroatoms. The van der Waals surface area contributed by atoms with Crippen molar-refractivity contribution in [2.75, 3.05) is 0 Å². The molecule has 0 bridgehead atoms. The maximum atomic E-state index is 13.5. The summed E-state index contributed by atoms with van der Waals surface area (Å²) in [6, 6.07) is 6.99. The fourth-order valence-corrected chi connectivity index (χ4v) is 1.42. The van der Waals surface area contributed by atoms with Crippen LogP contribution < -0.4 is 4.74 Å². The van der Waals surface area contributed by atoms with Gasteiger partial charge < -0.3 is 4.74 Å². The Labute approximate surface area is 102 Å².